The standard InChI is InChI=1S/C9H14N2O/c1-4-7(2)8-5-10-6-9(11-8)12-3/h5-7H,4H2,1-3H3/t7-/m1/s1. The molecule has 1 heterocycles. The zero-order valence-electron chi connectivity index (χ0n) is 7.74. The highest BCUT2D eigenvalue weighted by Crippen LogP contribution is 2.16. The van der Waals surface area contributed by atoms with Crippen molar-refractivity contribution in [1.29, 1.82) is 0 Å². The molecule has 1 aromatic rings. The van der Waals surface area contributed by atoms with Crippen LogP contribution in [-0.4, -0.2) is 17.1 Å². The van der Waals surface area contributed by atoms with E-state index >= 15 is 0 Å². The van der Waals surface area contributed by atoms with Crippen molar-refractivity contribution in [3.05, 3.63) is 18.1 Å². The van der Waals surface area contributed by atoms with Gasteiger partial charge in [-0.3, -0.25) is 4.98 Å². The molecule has 0 fully saturated rings. The van der Waals surface area contributed by atoms with E-state index in [0.717, 1.165) is 12.1 Å². The minimum Gasteiger partial charge on any atom is -0.480 e. The maximum absolute atomic E-state index is 4.98. The van der Waals surface area contributed by atoms with Gasteiger partial charge in [0.15, 0.2) is 0 Å². The third kappa shape index (κ3) is 1.94. The molecule has 0 aliphatic carbocycles. The summed E-state index contributed by atoms with van der Waals surface area (Å²) in [6.45, 7) is 4.26. The number of nitrogens with zero attached hydrogens (tertiary/aromatic N) is 2. The molecule has 0 radical (unpaired) electrons. The molecule has 12 heavy (non-hydrogen) atoms. The van der Waals surface area contributed by atoms with Crippen LogP contribution in [0, 0.1) is 0 Å². The molecule has 1 rings (SSSR count). The van der Waals surface area contributed by atoms with Gasteiger partial charge in [-0.1, -0.05) is 13.8 Å². The normalized spacial score (nSPS) is 12.6. The zero-order chi connectivity index (χ0) is 8.97. The summed E-state index contributed by atoms with van der Waals surface area (Å²) in [6, 6.07) is 0. The Bertz CT molecular complexity index is 250. The first-order valence-electron chi connectivity index (χ1n) is 4.13. The molecule has 66 valence electrons. The number of aromatic nitrogens is 2. The van der Waals surface area contributed by atoms with E-state index in [1.807, 2.05) is 0 Å². The minimum absolute atomic E-state index is 0.451. The molecule has 0 spiro atoms. The van der Waals surface area contributed by atoms with E-state index in [0.29, 0.717) is 11.8 Å². The molecule has 3 heteroatoms. The number of hydrogen-bond donors (Lipinski definition) is 0. The Morgan fingerprint density at radius 3 is 2.83 bits per heavy atom. The summed E-state index contributed by atoms with van der Waals surface area (Å²) in [5.41, 5.74) is 0.997. The van der Waals surface area contributed by atoms with Crippen molar-refractivity contribution in [2.24, 2.45) is 0 Å². The monoisotopic (exact) mass is 166 g/mol. The molecule has 1 atom stereocenters. The molecule has 0 aliphatic heterocycles. The predicted molar refractivity (Wildman–Crippen MR) is 47.3 cm³/mol. The number of ether oxygens (including phenoxy) is 1. The molecule has 0 unspecified atom stereocenters. The van der Waals surface area contributed by atoms with Gasteiger partial charge >= 0.3 is 0 Å². The first-order chi connectivity index (χ1) is 5.77. The Balaban J connectivity index is 2.86. The maximum Gasteiger partial charge on any atom is 0.232 e. The van der Waals surface area contributed by atoms with Gasteiger partial charge in [-0.15, -0.1) is 0 Å². The molecule has 0 N–H and O–H groups in total. The summed E-state index contributed by atoms with van der Waals surface area (Å²) in [5.74, 6) is 1.04. The van der Waals surface area contributed by atoms with Crippen molar-refractivity contribution in [3.8, 4) is 5.88 Å². The lowest BCUT2D eigenvalue weighted by atomic mass is 10.1. The van der Waals surface area contributed by atoms with E-state index in [2.05, 4.69) is 23.8 Å². The summed E-state index contributed by atoms with van der Waals surface area (Å²) in [6.07, 6.45) is 4.48. The van der Waals surface area contributed by atoms with Gasteiger partial charge in [0.2, 0.25) is 5.88 Å². The highest BCUT2D eigenvalue weighted by molar-refractivity contribution is 5.11. The molecule has 0 aromatic carbocycles. The second-order valence-corrected chi connectivity index (χ2v) is 2.80. The molecule has 0 aliphatic rings. The van der Waals surface area contributed by atoms with Crippen LogP contribution in [-0.2, 0) is 0 Å². The summed E-state index contributed by atoms with van der Waals surface area (Å²) in [4.78, 5) is 8.31. The van der Waals surface area contributed by atoms with Gasteiger partial charge in [-0.2, -0.15) is 0 Å². The lowest BCUT2D eigenvalue weighted by molar-refractivity contribution is 0.392. The van der Waals surface area contributed by atoms with Crippen LogP contribution in [0.2, 0.25) is 0 Å². The van der Waals surface area contributed by atoms with Crippen LogP contribution in [0.5, 0.6) is 5.88 Å². The fourth-order valence-electron chi connectivity index (χ4n) is 0.907. The Hall–Kier alpha value is -1.12. The maximum atomic E-state index is 4.98. The topological polar surface area (TPSA) is 35.0 Å². The molecule has 0 saturated carbocycles. The Labute approximate surface area is 72.8 Å². The van der Waals surface area contributed by atoms with Gasteiger partial charge in [-0.25, -0.2) is 4.98 Å². The molecule has 1 aromatic heterocycles. The van der Waals surface area contributed by atoms with Crippen LogP contribution in [0.4, 0.5) is 0 Å². The van der Waals surface area contributed by atoms with E-state index in [1.54, 1.807) is 19.5 Å². The average molecular weight is 166 g/mol. The number of rotatable bonds is 3. The summed E-state index contributed by atoms with van der Waals surface area (Å²) < 4.78 is 4.98. The van der Waals surface area contributed by atoms with Gasteiger partial charge in [-0.05, 0) is 12.3 Å². The van der Waals surface area contributed by atoms with E-state index in [9.17, 15) is 0 Å². The highest BCUT2D eigenvalue weighted by atomic mass is 16.5. The Morgan fingerprint density at radius 1 is 1.50 bits per heavy atom. The van der Waals surface area contributed by atoms with Crippen molar-refractivity contribution in [3.63, 3.8) is 0 Å². The minimum atomic E-state index is 0.451. The van der Waals surface area contributed by atoms with Crippen LogP contribution in [0.3, 0.4) is 0 Å². The molecule has 3 nitrogen and oxygen atoms in total. The van der Waals surface area contributed by atoms with Crippen molar-refractivity contribution < 1.29 is 4.74 Å². The van der Waals surface area contributed by atoms with Crippen LogP contribution in [0.1, 0.15) is 31.9 Å². The van der Waals surface area contributed by atoms with Crippen molar-refractivity contribution in [1.82, 2.24) is 9.97 Å². The first-order valence-corrected chi connectivity index (χ1v) is 4.13. The van der Waals surface area contributed by atoms with Crippen LogP contribution in [0.15, 0.2) is 12.4 Å². The van der Waals surface area contributed by atoms with Gasteiger partial charge in [0.05, 0.1) is 19.0 Å². The third-order valence-corrected chi connectivity index (χ3v) is 1.96. The second-order valence-electron chi connectivity index (χ2n) is 2.80. The second kappa shape index (κ2) is 4.04. The molecule has 0 saturated heterocycles. The van der Waals surface area contributed by atoms with E-state index < -0.39 is 0 Å². The van der Waals surface area contributed by atoms with Crippen LogP contribution in [0.25, 0.3) is 0 Å². The van der Waals surface area contributed by atoms with E-state index in [4.69, 9.17) is 4.74 Å². The number of methoxy groups -OCH3 is 1. The fourth-order valence-corrected chi connectivity index (χ4v) is 0.907. The van der Waals surface area contributed by atoms with Gasteiger partial charge in [0.1, 0.15) is 0 Å². The molecular weight excluding hydrogens is 152 g/mol. The quantitative estimate of drug-likeness (QED) is 0.688. The van der Waals surface area contributed by atoms with Crippen molar-refractivity contribution >= 4 is 0 Å². The molecule has 0 amide bonds. The Kier molecular flexibility index (Phi) is 3.02. The summed E-state index contributed by atoms with van der Waals surface area (Å²) >= 11 is 0. The molecule has 0 bridgehead atoms. The third-order valence-electron chi connectivity index (χ3n) is 1.96. The number of hydrogen-bond acceptors (Lipinski definition) is 3. The van der Waals surface area contributed by atoms with Gasteiger partial charge in [0.25, 0.3) is 0 Å². The zero-order valence-corrected chi connectivity index (χ0v) is 7.74. The Morgan fingerprint density at radius 2 is 2.25 bits per heavy atom. The largest absolute Gasteiger partial charge is 0.480 e. The lowest BCUT2D eigenvalue weighted by Gasteiger charge is -2.07. The first kappa shape index (κ1) is 8.97. The van der Waals surface area contributed by atoms with Crippen molar-refractivity contribution in [2.45, 2.75) is 26.2 Å². The summed E-state index contributed by atoms with van der Waals surface area (Å²) in [7, 11) is 1.60. The van der Waals surface area contributed by atoms with E-state index in [1.165, 1.54) is 0 Å². The SMILES string of the molecule is CC[C@@H](C)c1cncc(OC)n1. The predicted octanol–water partition coefficient (Wildman–Crippen LogP) is 2.00. The van der Waals surface area contributed by atoms with Gasteiger partial charge < -0.3 is 4.74 Å². The highest BCUT2D eigenvalue weighted by Gasteiger charge is 2.05. The van der Waals surface area contributed by atoms with Gasteiger partial charge in [0, 0.05) is 6.20 Å². The average Bonchev–Trinajstić information content (AvgIpc) is 2.17. The van der Waals surface area contributed by atoms with Crippen LogP contribution < -0.4 is 4.74 Å². The van der Waals surface area contributed by atoms with E-state index in [-0.39, 0.29) is 0 Å². The van der Waals surface area contributed by atoms with Crippen LogP contribution >= 0.6 is 0 Å². The fraction of sp³-hybridized carbons (Fsp3) is 0.556. The molecular formula is C9H14N2O. The van der Waals surface area contributed by atoms with Crippen molar-refractivity contribution in [2.75, 3.05) is 7.11 Å². The summed E-state index contributed by atoms with van der Waals surface area (Å²) in [5, 5.41) is 0. The smallest absolute Gasteiger partial charge is 0.232 e. The lowest BCUT2D eigenvalue weighted by Crippen LogP contribution is -1.98.